The van der Waals surface area contributed by atoms with Gasteiger partial charge in [-0.1, -0.05) is 18.9 Å². The van der Waals surface area contributed by atoms with E-state index >= 15 is 0 Å². The van der Waals surface area contributed by atoms with Crippen LogP contribution < -0.4 is 0 Å². The van der Waals surface area contributed by atoms with Crippen LogP contribution in [-0.2, 0) is 0 Å². The van der Waals surface area contributed by atoms with Gasteiger partial charge in [-0.2, -0.15) is 0 Å². The summed E-state index contributed by atoms with van der Waals surface area (Å²) in [4.78, 5) is 9.68. The molecule has 0 N–H and O–H groups in total. The Bertz CT molecular complexity index is 134. The molecular weight excluding hydrogens is 154 g/mol. The van der Waals surface area contributed by atoms with Crippen molar-refractivity contribution in [1.82, 2.24) is 0 Å². The van der Waals surface area contributed by atoms with Gasteiger partial charge in [0.25, 0.3) is 0 Å². The zero-order valence-corrected chi connectivity index (χ0v) is 7.50. The third kappa shape index (κ3) is 9.14. The predicted molar refractivity (Wildman–Crippen MR) is 49.8 cm³/mol. The molecule has 0 aromatic carbocycles. The monoisotopic (exact) mass is 171 g/mol. The summed E-state index contributed by atoms with van der Waals surface area (Å²) in [5.74, 6) is 0. The van der Waals surface area contributed by atoms with E-state index in [4.69, 9.17) is 0 Å². The molecule has 3 heteroatoms. The first kappa shape index (κ1) is 11.1. The summed E-state index contributed by atoms with van der Waals surface area (Å²) in [5.41, 5.74) is 0. The molecule has 70 valence electrons. The number of unbranched alkanes of at least 4 members (excludes halogenated alkanes) is 5. The van der Waals surface area contributed by atoms with Gasteiger partial charge in [0.2, 0.25) is 6.54 Å². The molecule has 0 amide bonds. The highest BCUT2D eigenvalue weighted by molar-refractivity contribution is 4.65. The van der Waals surface area contributed by atoms with E-state index in [0.29, 0.717) is 0 Å². The van der Waals surface area contributed by atoms with Crippen LogP contribution in [0.25, 0.3) is 0 Å². The Morgan fingerprint density at radius 3 is 2.33 bits per heavy atom. The Kier molecular flexibility index (Phi) is 7.65. The molecule has 3 nitrogen and oxygen atoms in total. The third-order valence-electron chi connectivity index (χ3n) is 1.75. The Morgan fingerprint density at radius 2 is 1.75 bits per heavy atom. The lowest BCUT2D eigenvalue weighted by Crippen LogP contribution is -1.99. The Labute approximate surface area is 73.6 Å². The SMILES string of the molecule is C=CCCCCCCC[N+](=O)[O-]. The van der Waals surface area contributed by atoms with Gasteiger partial charge in [-0.25, -0.2) is 0 Å². The zero-order valence-electron chi connectivity index (χ0n) is 7.50. The van der Waals surface area contributed by atoms with Crippen LogP contribution in [0.5, 0.6) is 0 Å². The quantitative estimate of drug-likeness (QED) is 0.244. The minimum absolute atomic E-state index is 0.126. The van der Waals surface area contributed by atoms with Crippen molar-refractivity contribution in [1.29, 1.82) is 0 Å². The summed E-state index contributed by atoms with van der Waals surface area (Å²) in [7, 11) is 0. The Morgan fingerprint density at radius 1 is 1.17 bits per heavy atom. The number of hydrogen-bond acceptors (Lipinski definition) is 2. The molecule has 0 saturated carbocycles. The summed E-state index contributed by atoms with van der Waals surface area (Å²) in [6.45, 7) is 3.75. The van der Waals surface area contributed by atoms with Gasteiger partial charge in [-0.3, -0.25) is 10.1 Å². The Balaban J connectivity index is 2.90. The molecule has 0 unspecified atom stereocenters. The van der Waals surface area contributed by atoms with E-state index in [1.807, 2.05) is 6.08 Å². The van der Waals surface area contributed by atoms with Gasteiger partial charge in [0.05, 0.1) is 0 Å². The third-order valence-corrected chi connectivity index (χ3v) is 1.75. The molecule has 0 aliphatic carbocycles. The van der Waals surface area contributed by atoms with Gasteiger partial charge in [-0.05, 0) is 19.3 Å². The van der Waals surface area contributed by atoms with Gasteiger partial charge < -0.3 is 0 Å². The normalized spacial score (nSPS) is 9.67. The molecule has 0 fully saturated rings. The van der Waals surface area contributed by atoms with E-state index < -0.39 is 0 Å². The summed E-state index contributed by atoms with van der Waals surface area (Å²) >= 11 is 0. The molecule has 0 bridgehead atoms. The second-order valence-corrected chi connectivity index (χ2v) is 2.90. The van der Waals surface area contributed by atoms with E-state index in [1.165, 1.54) is 12.8 Å². The Hall–Kier alpha value is -0.860. The second kappa shape index (κ2) is 8.24. The van der Waals surface area contributed by atoms with Gasteiger partial charge >= 0.3 is 0 Å². The van der Waals surface area contributed by atoms with Crippen molar-refractivity contribution in [2.75, 3.05) is 6.54 Å². The number of nitro groups is 1. The van der Waals surface area contributed by atoms with Crippen LogP contribution in [0.4, 0.5) is 0 Å². The molecule has 0 heterocycles. The molecule has 0 saturated heterocycles. The minimum atomic E-state index is -0.246. The molecule has 12 heavy (non-hydrogen) atoms. The molecule has 0 spiro atoms. The van der Waals surface area contributed by atoms with Crippen molar-refractivity contribution in [3.63, 3.8) is 0 Å². The molecule has 0 radical (unpaired) electrons. The maximum absolute atomic E-state index is 9.93. The topological polar surface area (TPSA) is 43.1 Å². The molecular formula is C9H17NO2. The van der Waals surface area contributed by atoms with Crippen LogP contribution in [-0.4, -0.2) is 11.5 Å². The standard InChI is InChI=1S/C9H17NO2/c1-2-3-4-5-6-7-8-9-10(11)12/h2H,1,3-9H2. The van der Waals surface area contributed by atoms with Crippen molar-refractivity contribution in [3.8, 4) is 0 Å². The van der Waals surface area contributed by atoms with Crippen LogP contribution in [0.15, 0.2) is 12.7 Å². The highest BCUT2D eigenvalue weighted by Crippen LogP contribution is 2.05. The van der Waals surface area contributed by atoms with Crippen LogP contribution in [0.1, 0.15) is 38.5 Å². The lowest BCUT2D eigenvalue weighted by atomic mass is 10.1. The number of allylic oxidation sites excluding steroid dienone is 1. The number of rotatable bonds is 8. The van der Waals surface area contributed by atoms with E-state index in [1.54, 1.807) is 0 Å². The van der Waals surface area contributed by atoms with E-state index in [2.05, 4.69) is 6.58 Å². The second-order valence-electron chi connectivity index (χ2n) is 2.90. The van der Waals surface area contributed by atoms with Gasteiger partial charge in [-0.15, -0.1) is 6.58 Å². The van der Waals surface area contributed by atoms with E-state index in [9.17, 15) is 10.1 Å². The fraction of sp³-hybridized carbons (Fsp3) is 0.778. The summed E-state index contributed by atoms with van der Waals surface area (Å²) < 4.78 is 0. The minimum Gasteiger partial charge on any atom is -0.265 e. The van der Waals surface area contributed by atoms with Gasteiger partial charge in [0.1, 0.15) is 0 Å². The van der Waals surface area contributed by atoms with E-state index in [0.717, 1.165) is 25.7 Å². The number of nitrogens with zero attached hydrogens (tertiary/aromatic N) is 1. The zero-order chi connectivity index (χ0) is 9.23. The van der Waals surface area contributed by atoms with Crippen molar-refractivity contribution < 1.29 is 4.92 Å². The average molecular weight is 171 g/mol. The van der Waals surface area contributed by atoms with Crippen LogP contribution in [0, 0.1) is 10.1 Å². The van der Waals surface area contributed by atoms with E-state index in [-0.39, 0.29) is 11.5 Å². The lowest BCUT2D eigenvalue weighted by molar-refractivity contribution is -0.480. The first-order valence-corrected chi connectivity index (χ1v) is 4.50. The van der Waals surface area contributed by atoms with Crippen molar-refractivity contribution in [2.24, 2.45) is 0 Å². The number of hydrogen-bond donors (Lipinski definition) is 0. The fourth-order valence-electron chi connectivity index (χ4n) is 1.06. The van der Waals surface area contributed by atoms with Crippen molar-refractivity contribution in [2.45, 2.75) is 38.5 Å². The predicted octanol–water partition coefficient (Wildman–Crippen LogP) is 2.79. The summed E-state index contributed by atoms with van der Waals surface area (Å²) in [6.07, 6.45) is 8.14. The largest absolute Gasteiger partial charge is 0.265 e. The first-order valence-electron chi connectivity index (χ1n) is 4.50. The van der Waals surface area contributed by atoms with Crippen LogP contribution in [0.2, 0.25) is 0 Å². The molecule has 0 rings (SSSR count). The van der Waals surface area contributed by atoms with Crippen LogP contribution in [0.3, 0.4) is 0 Å². The molecule has 0 aliphatic rings. The first-order chi connectivity index (χ1) is 5.77. The smallest absolute Gasteiger partial charge is 0.203 e. The lowest BCUT2D eigenvalue weighted by Gasteiger charge is -1.96. The van der Waals surface area contributed by atoms with Gasteiger partial charge in [0.15, 0.2) is 0 Å². The molecule has 0 aromatic heterocycles. The summed E-state index contributed by atoms with van der Waals surface area (Å²) in [5, 5.41) is 9.93. The average Bonchev–Trinajstić information content (AvgIpc) is 2.02. The summed E-state index contributed by atoms with van der Waals surface area (Å²) in [6, 6.07) is 0. The highest BCUT2D eigenvalue weighted by atomic mass is 16.6. The maximum atomic E-state index is 9.93. The highest BCUT2D eigenvalue weighted by Gasteiger charge is 1.95. The maximum Gasteiger partial charge on any atom is 0.203 e. The van der Waals surface area contributed by atoms with Crippen molar-refractivity contribution >= 4 is 0 Å². The van der Waals surface area contributed by atoms with Crippen molar-refractivity contribution in [3.05, 3.63) is 22.8 Å². The molecule has 0 atom stereocenters. The molecule has 0 aliphatic heterocycles. The molecule has 0 aromatic rings. The van der Waals surface area contributed by atoms with Gasteiger partial charge in [0, 0.05) is 11.3 Å². The fourth-order valence-corrected chi connectivity index (χ4v) is 1.06. The van der Waals surface area contributed by atoms with Crippen LogP contribution >= 0.6 is 0 Å².